The molecule has 0 saturated heterocycles. The summed E-state index contributed by atoms with van der Waals surface area (Å²) in [7, 11) is 0. The Hall–Kier alpha value is -1.26. The standard InChI is InChI=1S/C19H27NO2S/c1-14(2)13-23-18-10-6-3-7-15(18)11-12-19(22)20-16-8-4-5-9-17(16)21/h3,6-7,10-12,14,16-17,21H,4-5,8-9,13H2,1-2H3,(H,20,22)/b12-11+. The second-order valence-corrected chi connectivity index (χ2v) is 7.60. The van der Waals surface area contributed by atoms with Gasteiger partial charge in [-0.05, 0) is 36.5 Å². The zero-order valence-corrected chi connectivity index (χ0v) is 14.8. The molecule has 0 radical (unpaired) electrons. The molecule has 0 aromatic heterocycles. The number of nitrogens with one attached hydrogen (secondary N) is 1. The highest BCUT2D eigenvalue weighted by Crippen LogP contribution is 2.25. The van der Waals surface area contributed by atoms with E-state index in [1.165, 1.54) is 4.90 Å². The van der Waals surface area contributed by atoms with Crippen molar-refractivity contribution in [2.45, 2.75) is 56.6 Å². The first-order chi connectivity index (χ1) is 11.1. The summed E-state index contributed by atoms with van der Waals surface area (Å²) in [5.74, 6) is 1.57. The van der Waals surface area contributed by atoms with Gasteiger partial charge < -0.3 is 10.4 Å². The second kappa shape index (κ2) is 9.14. The molecular formula is C19H27NO2S. The lowest BCUT2D eigenvalue weighted by Crippen LogP contribution is -2.44. The molecule has 1 aromatic carbocycles. The predicted octanol–water partition coefficient (Wildman–Crippen LogP) is 3.87. The fourth-order valence-electron chi connectivity index (χ4n) is 2.68. The number of aliphatic hydroxyl groups excluding tert-OH is 1. The minimum Gasteiger partial charge on any atom is -0.391 e. The summed E-state index contributed by atoms with van der Waals surface area (Å²) in [5.41, 5.74) is 1.07. The molecule has 4 heteroatoms. The number of aliphatic hydroxyl groups is 1. The van der Waals surface area contributed by atoms with Crippen LogP contribution in [0.5, 0.6) is 0 Å². The van der Waals surface area contributed by atoms with Crippen LogP contribution in [0.2, 0.25) is 0 Å². The number of benzene rings is 1. The van der Waals surface area contributed by atoms with Crippen LogP contribution >= 0.6 is 11.8 Å². The third-order valence-corrected chi connectivity index (χ3v) is 5.48. The van der Waals surface area contributed by atoms with Crippen molar-refractivity contribution in [2.24, 2.45) is 5.92 Å². The third-order valence-electron chi connectivity index (χ3n) is 3.96. The van der Waals surface area contributed by atoms with Crippen LogP contribution in [0.3, 0.4) is 0 Å². The summed E-state index contributed by atoms with van der Waals surface area (Å²) in [4.78, 5) is 13.3. The molecule has 126 valence electrons. The van der Waals surface area contributed by atoms with Crippen LogP contribution < -0.4 is 5.32 Å². The van der Waals surface area contributed by atoms with Crippen LogP contribution in [0.4, 0.5) is 0 Å². The molecule has 0 spiro atoms. The first-order valence-corrected chi connectivity index (χ1v) is 9.43. The number of carbonyl (C=O) groups is 1. The van der Waals surface area contributed by atoms with Crippen molar-refractivity contribution in [2.75, 3.05) is 5.75 Å². The SMILES string of the molecule is CC(C)CSc1ccccc1/C=C/C(=O)NC1CCCCC1O. The van der Waals surface area contributed by atoms with Crippen LogP contribution in [0.25, 0.3) is 6.08 Å². The molecular weight excluding hydrogens is 306 g/mol. The lowest BCUT2D eigenvalue weighted by Gasteiger charge is -2.27. The van der Waals surface area contributed by atoms with Crippen LogP contribution in [-0.2, 0) is 4.79 Å². The van der Waals surface area contributed by atoms with E-state index in [0.717, 1.165) is 37.0 Å². The van der Waals surface area contributed by atoms with Crippen molar-refractivity contribution in [1.29, 1.82) is 0 Å². The lowest BCUT2D eigenvalue weighted by molar-refractivity contribution is -0.118. The van der Waals surface area contributed by atoms with E-state index in [1.54, 1.807) is 6.08 Å². The summed E-state index contributed by atoms with van der Waals surface area (Å²) in [6.45, 7) is 4.41. The summed E-state index contributed by atoms with van der Waals surface area (Å²) in [5, 5.41) is 12.9. The molecule has 0 bridgehead atoms. The van der Waals surface area contributed by atoms with E-state index in [1.807, 2.05) is 36.0 Å². The molecule has 2 rings (SSSR count). The molecule has 1 saturated carbocycles. The third kappa shape index (κ3) is 6.04. The minimum absolute atomic E-state index is 0.105. The summed E-state index contributed by atoms with van der Waals surface area (Å²) < 4.78 is 0. The first kappa shape index (κ1) is 18.1. The van der Waals surface area contributed by atoms with Gasteiger partial charge in [0.15, 0.2) is 0 Å². The van der Waals surface area contributed by atoms with E-state index >= 15 is 0 Å². The van der Waals surface area contributed by atoms with E-state index in [9.17, 15) is 9.90 Å². The van der Waals surface area contributed by atoms with E-state index in [4.69, 9.17) is 0 Å². The van der Waals surface area contributed by atoms with Crippen LogP contribution in [0.1, 0.15) is 45.1 Å². The van der Waals surface area contributed by atoms with Gasteiger partial charge in [-0.3, -0.25) is 4.79 Å². The Morgan fingerprint density at radius 1 is 1.35 bits per heavy atom. The Labute approximate surface area is 143 Å². The molecule has 1 amide bonds. The molecule has 1 aliphatic rings. The van der Waals surface area contributed by atoms with E-state index in [-0.39, 0.29) is 11.9 Å². The minimum atomic E-state index is -0.407. The van der Waals surface area contributed by atoms with Crippen molar-refractivity contribution in [1.82, 2.24) is 5.32 Å². The monoisotopic (exact) mass is 333 g/mol. The van der Waals surface area contributed by atoms with E-state index in [2.05, 4.69) is 25.2 Å². The normalized spacial score (nSPS) is 21.7. The molecule has 2 N–H and O–H groups in total. The highest BCUT2D eigenvalue weighted by atomic mass is 32.2. The molecule has 3 nitrogen and oxygen atoms in total. The van der Waals surface area contributed by atoms with Gasteiger partial charge >= 0.3 is 0 Å². The summed E-state index contributed by atoms with van der Waals surface area (Å²) in [6, 6.07) is 8.03. The Balaban J connectivity index is 1.95. The molecule has 0 heterocycles. The van der Waals surface area contributed by atoms with Crippen molar-refractivity contribution >= 4 is 23.7 Å². The van der Waals surface area contributed by atoms with Gasteiger partial charge in [0, 0.05) is 16.7 Å². The van der Waals surface area contributed by atoms with Crippen molar-refractivity contribution in [3.8, 4) is 0 Å². The lowest BCUT2D eigenvalue weighted by atomic mass is 9.92. The molecule has 2 atom stereocenters. The Morgan fingerprint density at radius 3 is 2.83 bits per heavy atom. The molecule has 1 aromatic rings. The Kier molecular flexibility index (Phi) is 7.18. The smallest absolute Gasteiger partial charge is 0.244 e. The van der Waals surface area contributed by atoms with Gasteiger partial charge in [-0.1, -0.05) is 44.9 Å². The van der Waals surface area contributed by atoms with Gasteiger partial charge in [-0.2, -0.15) is 0 Å². The van der Waals surface area contributed by atoms with Gasteiger partial charge in [-0.25, -0.2) is 0 Å². The topological polar surface area (TPSA) is 49.3 Å². The number of hydrogen-bond acceptors (Lipinski definition) is 3. The average molecular weight is 333 g/mol. The van der Waals surface area contributed by atoms with Gasteiger partial charge in [0.05, 0.1) is 12.1 Å². The van der Waals surface area contributed by atoms with Crippen LogP contribution in [-0.4, -0.2) is 28.9 Å². The zero-order valence-electron chi connectivity index (χ0n) is 14.0. The molecule has 1 fully saturated rings. The molecule has 2 unspecified atom stereocenters. The quantitative estimate of drug-likeness (QED) is 0.614. The summed E-state index contributed by atoms with van der Waals surface area (Å²) >= 11 is 1.82. The molecule has 23 heavy (non-hydrogen) atoms. The highest BCUT2D eigenvalue weighted by Gasteiger charge is 2.23. The number of carbonyl (C=O) groups excluding carboxylic acids is 1. The number of amides is 1. The Bertz CT molecular complexity index is 542. The fourth-order valence-corrected chi connectivity index (χ4v) is 3.67. The Morgan fingerprint density at radius 2 is 2.09 bits per heavy atom. The van der Waals surface area contributed by atoms with E-state index < -0.39 is 6.10 Å². The van der Waals surface area contributed by atoms with E-state index in [0.29, 0.717) is 5.92 Å². The number of hydrogen-bond donors (Lipinski definition) is 2. The first-order valence-electron chi connectivity index (χ1n) is 8.44. The van der Waals surface area contributed by atoms with Gasteiger partial charge in [0.25, 0.3) is 0 Å². The van der Waals surface area contributed by atoms with Gasteiger partial charge in [0.2, 0.25) is 5.91 Å². The maximum absolute atomic E-state index is 12.1. The van der Waals surface area contributed by atoms with Crippen LogP contribution in [0.15, 0.2) is 35.2 Å². The number of thioether (sulfide) groups is 1. The summed E-state index contributed by atoms with van der Waals surface area (Å²) in [6.07, 6.45) is 6.80. The maximum Gasteiger partial charge on any atom is 0.244 e. The average Bonchev–Trinajstić information content (AvgIpc) is 2.54. The fraction of sp³-hybridized carbons (Fsp3) is 0.526. The zero-order chi connectivity index (χ0) is 16.7. The van der Waals surface area contributed by atoms with Crippen molar-refractivity contribution in [3.05, 3.63) is 35.9 Å². The number of rotatable bonds is 6. The van der Waals surface area contributed by atoms with Gasteiger partial charge in [0.1, 0.15) is 0 Å². The largest absolute Gasteiger partial charge is 0.391 e. The predicted molar refractivity (Wildman–Crippen MR) is 97.4 cm³/mol. The maximum atomic E-state index is 12.1. The second-order valence-electron chi connectivity index (χ2n) is 6.54. The molecule has 0 aliphatic heterocycles. The molecule has 1 aliphatic carbocycles. The van der Waals surface area contributed by atoms with Crippen molar-refractivity contribution in [3.63, 3.8) is 0 Å². The van der Waals surface area contributed by atoms with Gasteiger partial charge in [-0.15, -0.1) is 11.8 Å². The highest BCUT2D eigenvalue weighted by molar-refractivity contribution is 7.99. The van der Waals surface area contributed by atoms with Crippen LogP contribution in [0, 0.1) is 5.92 Å². The van der Waals surface area contributed by atoms with Crippen molar-refractivity contribution < 1.29 is 9.90 Å².